The number of anilines is 1. The Balaban J connectivity index is 1.57. The highest BCUT2D eigenvalue weighted by Gasteiger charge is 2.22. The fourth-order valence-electron chi connectivity index (χ4n) is 3.91. The molecule has 0 fully saturated rings. The van der Waals surface area contributed by atoms with E-state index in [1.54, 1.807) is 6.07 Å². The van der Waals surface area contributed by atoms with Crippen molar-refractivity contribution in [2.24, 2.45) is 0 Å². The van der Waals surface area contributed by atoms with Crippen LogP contribution in [-0.2, 0) is 12.8 Å². The molecule has 150 valence electrons. The number of hydrogen-bond donors (Lipinski definition) is 1. The summed E-state index contributed by atoms with van der Waals surface area (Å²) in [6, 6.07) is 11.6. The van der Waals surface area contributed by atoms with Crippen LogP contribution in [0.5, 0.6) is 11.5 Å². The lowest BCUT2D eigenvalue weighted by molar-refractivity contribution is 0.171. The van der Waals surface area contributed by atoms with Crippen LogP contribution < -0.4 is 14.8 Å². The van der Waals surface area contributed by atoms with Crippen molar-refractivity contribution >= 4 is 29.0 Å². The van der Waals surface area contributed by atoms with Gasteiger partial charge in [0.1, 0.15) is 19.0 Å². The maximum Gasteiger partial charge on any atom is 0.163 e. The normalized spacial score (nSPS) is 15.4. The van der Waals surface area contributed by atoms with Crippen LogP contribution >= 0.6 is 23.2 Å². The van der Waals surface area contributed by atoms with E-state index in [0.29, 0.717) is 29.7 Å². The van der Waals surface area contributed by atoms with Crippen LogP contribution in [0.15, 0.2) is 36.4 Å². The molecule has 0 unspecified atom stereocenters. The topological polar surface area (TPSA) is 48.3 Å². The molecule has 3 heterocycles. The first-order valence-electron chi connectivity index (χ1n) is 9.87. The fourth-order valence-corrected chi connectivity index (χ4v) is 4.39. The molecule has 0 spiro atoms. The third kappa shape index (κ3) is 3.65. The second-order valence-electron chi connectivity index (χ2n) is 7.31. The van der Waals surface area contributed by atoms with Crippen LogP contribution in [0.1, 0.15) is 29.7 Å². The Labute approximate surface area is 179 Å². The van der Waals surface area contributed by atoms with Gasteiger partial charge in [0.05, 0.1) is 11.4 Å². The summed E-state index contributed by atoms with van der Waals surface area (Å²) in [6.07, 6.45) is 3.93. The molecule has 29 heavy (non-hydrogen) atoms. The summed E-state index contributed by atoms with van der Waals surface area (Å²) in [5.74, 6) is 2.59. The standard InChI is InChI=1S/C22H21Cl2N3O2/c23-15-5-4-14(18(24)12-15)11-19-17-3-1-2-8-25-22(17)27(26-19)16-6-7-20-21(13-16)29-10-9-28-20/h4-7,12-13,25H,1-3,8-11H2. The number of benzene rings is 2. The predicted molar refractivity (Wildman–Crippen MR) is 115 cm³/mol. The number of ether oxygens (including phenoxy) is 2. The van der Waals surface area contributed by atoms with E-state index in [0.717, 1.165) is 60.1 Å². The second-order valence-corrected chi connectivity index (χ2v) is 8.15. The van der Waals surface area contributed by atoms with Gasteiger partial charge in [-0.05, 0) is 49.1 Å². The van der Waals surface area contributed by atoms with Gasteiger partial charge in [-0.1, -0.05) is 29.3 Å². The van der Waals surface area contributed by atoms with E-state index in [2.05, 4.69) is 5.32 Å². The predicted octanol–water partition coefficient (Wildman–Crippen LogP) is 5.29. The Morgan fingerprint density at radius 2 is 1.86 bits per heavy atom. The Morgan fingerprint density at radius 3 is 2.72 bits per heavy atom. The summed E-state index contributed by atoms with van der Waals surface area (Å²) < 4.78 is 13.4. The first-order valence-corrected chi connectivity index (χ1v) is 10.6. The number of nitrogens with one attached hydrogen (secondary N) is 1. The molecule has 1 N–H and O–H groups in total. The zero-order chi connectivity index (χ0) is 19.8. The van der Waals surface area contributed by atoms with Gasteiger partial charge >= 0.3 is 0 Å². The van der Waals surface area contributed by atoms with Crippen molar-refractivity contribution in [3.63, 3.8) is 0 Å². The van der Waals surface area contributed by atoms with Gasteiger partial charge in [0.25, 0.3) is 0 Å². The molecule has 2 aliphatic rings. The van der Waals surface area contributed by atoms with Crippen molar-refractivity contribution in [1.29, 1.82) is 0 Å². The molecule has 3 aromatic rings. The van der Waals surface area contributed by atoms with Gasteiger partial charge in [0.2, 0.25) is 0 Å². The quantitative estimate of drug-likeness (QED) is 0.614. The highest BCUT2D eigenvalue weighted by atomic mass is 35.5. The van der Waals surface area contributed by atoms with Gasteiger partial charge in [-0.3, -0.25) is 0 Å². The van der Waals surface area contributed by atoms with E-state index in [4.69, 9.17) is 37.8 Å². The van der Waals surface area contributed by atoms with E-state index in [1.807, 2.05) is 35.0 Å². The molecular weight excluding hydrogens is 409 g/mol. The number of aromatic nitrogens is 2. The molecule has 2 aliphatic heterocycles. The van der Waals surface area contributed by atoms with Crippen molar-refractivity contribution in [3.05, 3.63) is 63.3 Å². The number of hydrogen-bond acceptors (Lipinski definition) is 4. The van der Waals surface area contributed by atoms with E-state index >= 15 is 0 Å². The minimum atomic E-state index is 0.562. The second kappa shape index (κ2) is 7.81. The summed E-state index contributed by atoms with van der Waals surface area (Å²) in [4.78, 5) is 0. The van der Waals surface area contributed by atoms with Crippen molar-refractivity contribution in [3.8, 4) is 17.2 Å². The van der Waals surface area contributed by atoms with Crippen LogP contribution in [0.4, 0.5) is 5.82 Å². The minimum absolute atomic E-state index is 0.562. The van der Waals surface area contributed by atoms with Gasteiger partial charge in [0, 0.05) is 34.6 Å². The Bertz CT molecular complexity index is 1060. The van der Waals surface area contributed by atoms with Crippen molar-refractivity contribution in [2.75, 3.05) is 25.1 Å². The first-order chi connectivity index (χ1) is 14.2. The molecule has 0 aliphatic carbocycles. The maximum atomic E-state index is 6.43. The zero-order valence-electron chi connectivity index (χ0n) is 15.9. The van der Waals surface area contributed by atoms with Gasteiger partial charge < -0.3 is 14.8 Å². The Kier molecular flexibility index (Phi) is 5.02. The SMILES string of the molecule is Clc1ccc(Cc2nn(-c3ccc4c(c3)OCCO4)c3c2CCCCN3)c(Cl)c1. The highest BCUT2D eigenvalue weighted by Crippen LogP contribution is 2.35. The number of halogens is 2. The molecular formula is C22H21Cl2N3O2. The summed E-state index contributed by atoms with van der Waals surface area (Å²) in [5, 5.41) is 9.86. The third-order valence-corrected chi connectivity index (χ3v) is 5.94. The van der Waals surface area contributed by atoms with Crippen molar-refractivity contribution in [2.45, 2.75) is 25.7 Å². The van der Waals surface area contributed by atoms with Gasteiger partial charge in [-0.15, -0.1) is 0 Å². The molecule has 0 amide bonds. The molecule has 5 rings (SSSR count). The van der Waals surface area contributed by atoms with Crippen LogP contribution in [0, 0.1) is 0 Å². The zero-order valence-corrected chi connectivity index (χ0v) is 17.4. The largest absolute Gasteiger partial charge is 0.486 e. The smallest absolute Gasteiger partial charge is 0.163 e. The molecule has 0 saturated heterocycles. The van der Waals surface area contributed by atoms with E-state index in [-0.39, 0.29) is 0 Å². The van der Waals surface area contributed by atoms with E-state index in [1.165, 1.54) is 5.56 Å². The average Bonchev–Trinajstić information content (AvgIpc) is 2.89. The van der Waals surface area contributed by atoms with Crippen LogP contribution in [0.2, 0.25) is 10.0 Å². The average molecular weight is 430 g/mol. The van der Waals surface area contributed by atoms with Crippen LogP contribution in [0.3, 0.4) is 0 Å². The third-order valence-electron chi connectivity index (χ3n) is 5.36. The monoisotopic (exact) mass is 429 g/mol. The van der Waals surface area contributed by atoms with E-state index < -0.39 is 0 Å². The highest BCUT2D eigenvalue weighted by molar-refractivity contribution is 6.35. The molecule has 0 radical (unpaired) electrons. The molecule has 1 aromatic heterocycles. The van der Waals surface area contributed by atoms with Crippen molar-refractivity contribution < 1.29 is 9.47 Å². The number of fused-ring (bicyclic) bond motifs is 2. The maximum absolute atomic E-state index is 6.43. The summed E-state index contributed by atoms with van der Waals surface area (Å²) in [6.45, 7) is 2.08. The van der Waals surface area contributed by atoms with Crippen molar-refractivity contribution in [1.82, 2.24) is 9.78 Å². The van der Waals surface area contributed by atoms with Gasteiger partial charge in [-0.25, -0.2) is 4.68 Å². The summed E-state index contributed by atoms with van der Waals surface area (Å²) in [5.41, 5.74) is 4.26. The van der Waals surface area contributed by atoms with Gasteiger partial charge in [-0.2, -0.15) is 5.10 Å². The summed E-state index contributed by atoms with van der Waals surface area (Å²) >= 11 is 12.5. The molecule has 7 heteroatoms. The Morgan fingerprint density at radius 1 is 1.00 bits per heavy atom. The van der Waals surface area contributed by atoms with Gasteiger partial charge in [0.15, 0.2) is 11.5 Å². The lowest BCUT2D eigenvalue weighted by Gasteiger charge is -2.19. The molecule has 5 nitrogen and oxygen atoms in total. The summed E-state index contributed by atoms with van der Waals surface area (Å²) in [7, 11) is 0. The first kappa shape index (κ1) is 18.6. The van der Waals surface area contributed by atoms with E-state index in [9.17, 15) is 0 Å². The Hall–Kier alpha value is -2.37. The number of nitrogens with zero attached hydrogens (tertiary/aromatic N) is 2. The van der Waals surface area contributed by atoms with Crippen LogP contribution in [0.25, 0.3) is 5.69 Å². The lowest BCUT2D eigenvalue weighted by atomic mass is 10.0. The number of rotatable bonds is 3. The minimum Gasteiger partial charge on any atom is -0.486 e. The molecule has 2 aromatic carbocycles. The molecule has 0 bridgehead atoms. The van der Waals surface area contributed by atoms with Crippen LogP contribution in [-0.4, -0.2) is 29.5 Å². The molecule has 0 atom stereocenters. The lowest BCUT2D eigenvalue weighted by Crippen LogP contribution is -2.15. The molecule has 0 saturated carbocycles. The fraction of sp³-hybridized carbons (Fsp3) is 0.318.